The molecule has 12 nitrogen and oxygen atoms in total. The molecule has 0 unspecified atom stereocenters. The molecule has 2 aliphatic heterocycles. The maximum atomic E-state index is 14.0. The molecule has 0 spiro atoms. The molecule has 2 saturated heterocycles. The summed E-state index contributed by atoms with van der Waals surface area (Å²) < 4.78 is 44.8. The van der Waals surface area contributed by atoms with Crippen LogP contribution in [0.25, 0.3) is 0 Å². The summed E-state index contributed by atoms with van der Waals surface area (Å²) in [6.07, 6.45) is -1.29. The number of H-pyrrole nitrogens is 1. The van der Waals surface area contributed by atoms with Gasteiger partial charge < -0.3 is 19.0 Å². The summed E-state index contributed by atoms with van der Waals surface area (Å²) >= 11 is 0. The van der Waals surface area contributed by atoms with Crippen molar-refractivity contribution in [1.82, 2.24) is 19.4 Å². The number of hydrogen-bond donors (Lipinski definition) is 1. The number of likely N-dealkylation sites (tertiary alicyclic amines) is 1. The average molecular weight is 547 g/mol. The minimum atomic E-state index is -4.16. The molecule has 2 fully saturated rings. The van der Waals surface area contributed by atoms with Gasteiger partial charge in [0.2, 0.25) is 5.60 Å². The van der Waals surface area contributed by atoms with Gasteiger partial charge in [0.1, 0.15) is 12.2 Å². The number of aryl methyl sites for hydroxylation is 1. The predicted octanol–water partition coefficient (Wildman–Crippen LogP) is 0.252. The molecule has 14 heteroatoms. The van der Waals surface area contributed by atoms with E-state index in [0.29, 0.717) is 13.1 Å². The fraction of sp³-hybridized carbons (Fsp3) is 0.773. The highest BCUT2D eigenvalue weighted by atomic mass is 32.2. The fourth-order valence-electron chi connectivity index (χ4n) is 4.23. The van der Waals surface area contributed by atoms with E-state index in [0.717, 1.165) is 10.8 Å². The van der Waals surface area contributed by atoms with Crippen LogP contribution in [0, 0.1) is 6.92 Å². The number of ether oxygens (including phenoxy) is 1. The summed E-state index contributed by atoms with van der Waals surface area (Å²) in [6.45, 7) is 12.4. The number of carbonyl (C=O) groups is 1. The van der Waals surface area contributed by atoms with E-state index in [1.54, 1.807) is 0 Å². The molecule has 204 valence electrons. The Balaban J connectivity index is 2.22. The second kappa shape index (κ2) is 9.47. The molecular formula is C22H38N4O8SSi. The standard InChI is InChI=1S/C22H38N4O8SSi/c1-14-12-26(20(29)23-17(14)27)18-16(33-36(8,9)21(2,3)4)22(34-35(7,30)31)15(32-18)13-25(19(22)28)11-10-24(5)6/h12,15-16,18H,10-11,13H2,1-9H3,(H,23,27,29)/t15-,16+,18-,22-/m1/s1. The van der Waals surface area contributed by atoms with Crippen LogP contribution in [0.5, 0.6) is 0 Å². The number of hydrogen-bond acceptors (Lipinski definition) is 9. The molecule has 0 aliphatic carbocycles. The molecule has 2 aliphatic rings. The molecule has 1 amide bonds. The number of amides is 1. The van der Waals surface area contributed by atoms with Gasteiger partial charge in [0.05, 0.1) is 12.8 Å². The topological polar surface area (TPSA) is 140 Å². The van der Waals surface area contributed by atoms with Crippen LogP contribution in [0.15, 0.2) is 15.8 Å². The van der Waals surface area contributed by atoms with Gasteiger partial charge in [-0.25, -0.2) is 8.98 Å². The maximum Gasteiger partial charge on any atom is 0.330 e. The zero-order valence-corrected chi connectivity index (χ0v) is 24.3. The second-order valence-corrected chi connectivity index (χ2v) is 17.8. The number of aromatic nitrogens is 2. The van der Waals surface area contributed by atoms with Crippen molar-refractivity contribution in [1.29, 1.82) is 0 Å². The minimum Gasteiger partial charge on any atom is -0.406 e. The molecule has 1 aromatic heterocycles. The quantitative estimate of drug-likeness (QED) is 0.359. The minimum absolute atomic E-state index is 0.0626. The van der Waals surface area contributed by atoms with Crippen molar-refractivity contribution in [3.05, 3.63) is 32.6 Å². The van der Waals surface area contributed by atoms with Crippen molar-refractivity contribution in [2.24, 2.45) is 0 Å². The summed E-state index contributed by atoms with van der Waals surface area (Å²) in [4.78, 5) is 44.5. The smallest absolute Gasteiger partial charge is 0.330 e. The second-order valence-electron chi connectivity index (χ2n) is 11.4. The van der Waals surface area contributed by atoms with E-state index < -0.39 is 59.6 Å². The molecule has 4 atom stereocenters. The molecule has 0 saturated carbocycles. The van der Waals surface area contributed by atoms with E-state index in [4.69, 9.17) is 13.3 Å². The van der Waals surface area contributed by atoms with E-state index in [1.165, 1.54) is 18.0 Å². The number of nitrogens with one attached hydrogen (secondary N) is 1. The number of aromatic amines is 1. The Kier molecular flexibility index (Phi) is 7.56. The number of likely N-dealkylation sites (N-methyl/N-ethyl adjacent to an activating group) is 1. The van der Waals surface area contributed by atoms with Gasteiger partial charge in [-0.15, -0.1) is 0 Å². The molecule has 0 radical (unpaired) electrons. The van der Waals surface area contributed by atoms with Gasteiger partial charge in [0, 0.05) is 24.8 Å². The highest BCUT2D eigenvalue weighted by Gasteiger charge is 2.71. The van der Waals surface area contributed by atoms with Crippen molar-refractivity contribution < 1.29 is 26.6 Å². The van der Waals surface area contributed by atoms with Crippen LogP contribution in [-0.2, 0) is 28.3 Å². The maximum absolute atomic E-state index is 14.0. The van der Waals surface area contributed by atoms with Gasteiger partial charge in [-0.3, -0.25) is 19.1 Å². The summed E-state index contributed by atoms with van der Waals surface area (Å²) in [5.41, 5.74) is -3.09. The van der Waals surface area contributed by atoms with Crippen LogP contribution < -0.4 is 11.2 Å². The van der Waals surface area contributed by atoms with E-state index in [1.807, 2.05) is 52.9 Å². The zero-order chi connectivity index (χ0) is 27.4. The molecule has 0 bridgehead atoms. The van der Waals surface area contributed by atoms with Crippen molar-refractivity contribution in [3.63, 3.8) is 0 Å². The fourth-order valence-corrected chi connectivity index (χ4v) is 6.29. The summed E-state index contributed by atoms with van der Waals surface area (Å²) in [6, 6.07) is 0. The van der Waals surface area contributed by atoms with Crippen LogP contribution >= 0.6 is 0 Å². The third-order valence-corrected chi connectivity index (χ3v) is 12.3. The Bertz CT molecular complexity index is 1240. The largest absolute Gasteiger partial charge is 0.406 e. The van der Waals surface area contributed by atoms with Crippen LogP contribution in [0.2, 0.25) is 18.1 Å². The molecular weight excluding hydrogens is 508 g/mol. The molecule has 1 N–H and O–H groups in total. The first-order valence-electron chi connectivity index (χ1n) is 11.8. The highest BCUT2D eigenvalue weighted by Crippen LogP contribution is 2.50. The first-order valence-corrected chi connectivity index (χ1v) is 16.5. The molecule has 1 aromatic rings. The average Bonchev–Trinajstić information content (AvgIpc) is 3.12. The monoisotopic (exact) mass is 546 g/mol. The first-order chi connectivity index (χ1) is 16.3. The van der Waals surface area contributed by atoms with Crippen molar-refractivity contribution in [2.45, 2.75) is 69.9 Å². The lowest BCUT2D eigenvalue weighted by atomic mass is 9.94. The predicted molar refractivity (Wildman–Crippen MR) is 136 cm³/mol. The van der Waals surface area contributed by atoms with Crippen LogP contribution in [-0.4, -0.2) is 99.8 Å². The van der Waals surface area contributed by atoms with E-state index in [9.17, 15) is 22.8 Å². The van der Waals surface area contributed by atoms with Crippen molar-refractivity contribution in [3.8, 4) is 0 Å². The van der Waals surface area contributed by atoms with Crippen molar-refractivity contribution in [2.75, 3.05) is 40.0 Å². The third-order valence-electron chi connectivity index (χ3n) is 7.23. The number of nitrogens with zero attached hydrogens (tertiary/aromatic N) is 3. The zero-order valence-electron chi connectivity index (χ0n) is 22.4. The van der Waals surface area contributed by atoms with Gasteiger partial charge >= 0.3 is 5.69 Å². The summed E-state index contributed by atoms with van der Waals surface area (Å²) in [7, 11) is -3.11. The first kappa shape index (κ1) is 28.7. The van der Waals surface area contributed by atoms with Gasteiger partial charge in [-0.2, -0.15) is 8.42 Å². The van der Waals surface area contributed by atoms with Gasteiger partial charge in [0.15, 0.2) is 14.5 Å². The molecule has 3 rings (SSSR count). The number of rotatable bonds is 8. The van der Waals surface area contributed by atoms with E-state index in [-0.39, 0.29) is 17.1 Å². The van der Waals surface area contributed by atoms with Crippen LogP contribution in [0.3, 0.4) is 0 Å². The van der Waals surface area contributed by atoms with Gasteiger partial charge in [-0.05, 0) is 39.2 Å². The lowest BCUT2D eigenvalue weighted by Gasteiger charge is -2.42. The van der Waals surface area contributed by atoms with Gasteiger partial charge in [-0.1, -0.05) is 20.8 Å². The van der Waals surface area contributed by atoms with Gasteiger partial charge in [0.25, 0.3) is 21.6 Å². The lowest BCUT2D eigenvalue weighted by molar-refractivity contribution is -0.148. The lowest BCUT2D eigenvalue weighted by Crippen LogP contribution is -2.60. The molecule has 36 heavy (non-hydrogen) atoms. The number of carbonyl (C=O) groups excluding carboxylic acids is 1. The number of fused-ring (bicyclic) bond motifs is 1. The van der Waals surface area contributed by atoms with Crippen LogP contribution in [0.4, 0.5) is 0 Å². The molecule has 0 aromatic carbocycles. The Morgan fingerprint density at radius 3 is 2.39 bits per heavy atom. The Morgan fingerprint density at radius 1 is 1.25 bits per heavy atom. The SMILES string of the molecule is Cc1cn([C@@H]2O[C@@H]3CN(CCN(C)C)C(=O)[C@]3(OS(C)(=O)=O)[C@H]2O[Si](C)(C)C(C)(C)C)c(=O)[nH]c1=O. The highest BCUT2D eigenvalue weighted by molar-refractivity contribution is 7.86. The summed E-state index contributed by atoms with van der Waals surface area (Å²) in [5, 5.41) is -0.319. The third kappa shape index (κ3) is 5.24. The van der Waals surface area contributed by atoms with Crippen LogP contribution in [0.1, 0.15) is 32.6 Å². The van der Waals surface area contributed by atoms with E-state index >= 15 is 0 Å². The molecule has 3 heterocycles. The summed E-state index contributed by atoms with van der Waals surface area (Å²) in [5.74, 6) is -0.569. The van der Waals surface area contributed by atoms with E-state index in [2.05, 4.69) is 4.98 Å². The normalized spacial score (nSPS) is 27.2. The Morgan fingerprint density at radius 2 is 1.86 bits per heavy atom. The Hall–Kier alpha value is -1.84. The van der Waals surface area contributed by atoms with Crippen molar-refractivity contribution >= 4 is 24.3 Å². The Labute approximate surface area is 212 Å².